The van der Waals surface area contributed by atoms with Crippen LogP contribution >= 0.6 is 0 Å². The van der Waals surface area contributed by atoms with Crippen LogP contribution in [0.25, 0.3) is 11.0 Å². The lowest BCUT2D eigenvalue weighted by Gasteiger charge is -2.26. The number of aryl methyl sites for hydroxylation is 1. The van der Waals surface area contributed by atoms with Crippen LogP contribution in [-0.4, -0.2) is 37.5 Å². The normalized spacial score (nSPS) is 22.6. The number of anilines is 2. The second-order valence-corrected chi connectivity index (χ2v) is 9.24. The summed E-state index contributed by atoms with van der Waals surface area (Å²) in [5.74, 6) is 2.20. The van der Waals surface area contributed by atoms with E-state index in [1.165, 1.54) is 62.7 Å². The molecule has 3 aromatic rings. The molecule has 6 nitrogen and oxygen atoms in total. The third kappa shape index (κ3) is 4.06. The van der Waals surface area contributed by atoms with Gasteiger partial charge in [-0.1, -0.05) is 19.4 Å². The van der Waals surface area contributed by atoms with Crippen molar-refractivity contribution >= 4 is 22.8 Å². The zero-order valence-electron chi connectivity index (χ0n) is 18.1. The summed E-state index contributed by atoms with van der Waals surface area (Å²) < 4.78 is 2.37. The number of hydrogen-bond acceptors (Lipinski definition) is 5. The Morgan fingerprint density at radius 2 is 1.93 bits per heavy atom. The van der Waals surface area contributed by atoms with Crippen LogP contribution in [-0.2, 0) is 6.54 Å². The number of rotatable bonds is 5. The Kier molecular flexibility index (Phi) is 5.42. The molecule has 1 N–H and O–H groups in total. The molecule has 1 saturated carbocycles. The number of pyridine rings is 1. The highest BCUT2D eigenvalue weighted by Gasteiger charge is 2.25. The lowest BCUT2D eigenvalue weighted by Crippen LogP contribution is -2.29. The lowest BCUT2D eigenvalue weighted by atomic mass is 10.1. The maximum atomic E-state index is 4.87. The van der Waals surface area contributed by atoms with Crippen molar-refractivity contribution in [1.29, 1.82) is 0 Å². The van der Waals surface area contributed by atoms with Crippen LogP contribution in [0.15, 0.2) is 30.7 Å². The fraction of sp³-hybridized carbons (Fsp3) is 0.542. The van der Waals surface area contributed by atoms with Gasteiger partial charge in [0.1, 0.15) is 11.5 Å². The molecular weight excluding hydrogens is 372 g/mol. The minimum Gasteiger partial charge on any atom is -0.329 e. The first-order valence-corrected chi connectivity index (χ1v) is 11.4. The molecule has 0 bridgehead atoms. The first kappa shape index (κ1) is 19.5. The van der Waals surface area contributed by atoms with Crippen molar-refractivity contribution in [3.05, 3.63) is 41.9 Å². The van der Waals surface area contributed by atoms with Gasteiger partial charge in [0.15, 0.2) is 0 Å². The highest BCUT2D eigenvalue weighted by molar-refractivity contribution is 5.80. The first-order chi connectivity index (χ1) is 14.7. The predicted molar refractivity (Wildman–Crippen MR) is 121 cm³/mol. The smallest absolute Gasteiger partial charge is 0.230 e. The predicted octanol–water partition coefficient (Wildman–Crippen LogP) is 5.23. The van der Waals surface area contributed by atoms with Gasteiger partial charge < -0.3 is 9.88 Å². The van der Waals surface area contributed by atoms with Crippen LogP contribution in [0, 0.1) is 12.8 Å². The summed E-state index contributed by atoms with van der Waals surface area (Å²) in [5, 5.41) is 4.45. The Morgan fingerprint density at radius 1 is 1.07 bits per heavy atom. The SMILES string of the molecule is Cc1cn(C2CCC(C)C2)c2nc(Nc3ccc(CN4CCCCC4)cn3)ncc12. The molecule has 1 aliphatic carbocycles. The molecule has 2 fully saturated rings. The van der Waals surface area contributed by atoms with E-state index in [1.54, 1.807) is 0 Å². The zero-order valence-corrected chi connectivity index (χ0v) is 18.1. The molecule has 3 aromatic heterocycles. The molecule has 158 valence electrons. The molecule has 1 saturated heterocycles. The maximum Gasteiger partial charge on any atom is 0.230 e. The number of piperidine rings is 1. The number of nitrogens with zero attached hydrogens (tertiary/aromatic N) is 5. The Balaban J connectivity index is 1.32. The molecule has 1 aliphatic heterocycles. The van der Waals surface area contributed by atoms with E-state index in [0.717, 1.165) is 29.3 Å². The van der Waals surface area contributed by atoms with E-state index < -0.39 is 0 Å². The Bertz CT molecular complexity index is 1000. The van der Waals surface area contributed by atoms with Crippen LogP contribution < -0.4 is 5.32 Å². The summed E-state index contributed by atoms with van der Waals surface area (Å²) in [5.41, 5.74) is 3.54. The Hall–Kier alpha value is -2.47. The Morgan fingerprint density at radius 3 is 2.67 bits per heavy atom. The molecule has 0 radical (unpaired) electrons. The molecule has 2 atom stereocenters. The van der Waals surface area contributed by atoms with E-state index in [2.05, 4.69) is 50.9 Å². The molecule has 0 spiro atoms. The van der Waals surface area contributed by atoms with Gasteiger partial charge in [-0.05, 0) is 75.2 Å². The first-order valence-electron chi connectivity index (χ1n) is 11.4. The minimum absolute atomic E-state index is 0.547. The minimum atomic E-state index is 0.547. The largest absolute Gasteiger partial charge is 0.329 e. The van der Waals surface area contributed by atoms with E-state index in [4.69, 9.17) is 4.98 Å². The van der Waals surface area contributed by atoms with Gasteiger partial charge >= 0.3 is 0 Å². The fourth-order valence-electron chi connectivity index (χ4n) is 5.04. The second kappa shape index (κ2) is 8.34. The van der Waals surface area contributed by atoms with Crippen LogP contribution in [0.5, 0.6) is 0 Å². The highest BCUT2D eigenvalue weighted by atomic mass is 15.2. The summed E-state index contributed by atoms with van der Waals surface area (Å²) >= 11 is 0. The van der Waals surface area contributed by atoms with Crippen LogP contribution in [0.1, 0.15) is 62.6 Å². The number of fused-ring (bicyclic) bond motifs is 1. The van der Waals surface area contributed by atoms with Gasteiger partial charge in [0.25, 0.3) is 0 Å². The van der Waals surface area contributed by atoms with Crippen LogP contribution in [0.2, 0.25) is 0 Å². The molecule has 5 rings (SSSR count). The van der Waals surface area contributed by atoms with Crippen molar-refractivity contribution in [2.24, 2.45) is 5.92 Å². The molecule has 2 unspecified atom stereocenters. The number of aromatic nitrogens is 4. The van der Waals surface area contributed by atoms with Gasteiger partial charge in [-0.2, -0.15) is 4.98 Å². The number of nitrogens with one attached hydrogen (secondary N) is 1. The molecular formula is C24H32N6. The topological polar surface area (TPSA) is 58.9 Å². The van der Waals surface area contributed by atoms with Crippen molar-refractivity contribution in [3.8, 4) is 0 Å². The van der Waals surface area contributed by atoms with E-state index in [9.17, 15) is 0 Å². The monoisotopic (exact) mass is 404 g/mol. The average Bonchev–Trinajstić information content (AvgIpc) is 3.33. The van der Waals surface area contributed by atoms with Gasteiger partial charge in [0.2, 0.25) is 5.95 Å². The molecule has 2 aliphatic rings. The summed E-state index contributed by atoms with van der Waals surface area (Å²) in [6, 6.07) is 4.75. The number of hydrogen-bond donors (Lipinski definition) is 1. The molecule has 0 amide bonds. The molecule has 0 aromatic carbocycles. The van der Waals surface area contributed by atoms with Gasteiger partial charge in [-0.15, -0.1) is 0 Å². The van der Waals surface area contributed by atoms with Gasteiger partial charge in [0, 0.05) is 36.6 Å². The van der Waals surface area contributed by atoms with E-state index in [1.807, 2.05) is 18.5 Å². The maximum absolute atomic E-state index is 4.87. The summed E-state index contributed by atoms with van der Waals surface area (Å²) in [6.45, 7) is 7.89. The zero-order chi connectivity index (χ0) is 20.5. The van der Waals surface area contributed by atoms with E-state index in [0.29, 0.717) is 12.0 Å². The second-order valence-electron chi connectivity index (χ2n) is 9.24. The lowest BCUT2D eigenvalue weighted by molar-refractivity contribution is 0.220. The fourth-order valence-corrected chi connectivity index (χ4v) is 5.04. The Labute approximate surface area is 178 Å². The summed E-state index contributed by atoms with van der Waals surface area (Å²) in [4.78, 5) is 16.5. The van der Waals surface area contributed by atoms with Gasteiger partial charge in [-0.3, -0.25) is 4.90 Å². The van der Waals surface area contributed by atoms with E-state index in [-0.39, 0.29) is 0 Å². The molecule has 30 heavy (non-hydrogen) atoms. The third-order valence-corrected chi connectivity index (χ3v) is 6.75. The van der Waals surface area contributed by atoms with Crippen LogP contribution in [0.4, 0.5) is 11.8 Å². The van der Waals surface area contributed by atoms with Crippen molar-refractivity contribution in [2.45, 2.75) is 65.0 Å². The third-order valence-electron chi connectivity index (χ3n) is 6.75. The standard InChI is InChI=1S/C24H32N6/c1-17-6-8-20(12-17)30-15-18(2)21-14-26-24(28-23(21)30)27-22-9-7-19(13-25-22)16-29-10-4-3-5-11-29/h7,9,13-15,17,20H,3-6,8,10-12,16H2,1-2H3,(H,25,26,27,28). The molecule has 4 heterocycles. The summed E-state index contributed by atoms with van der Waals surface area (Å²) in [6.07, 6.45) is 13.9. The van der Waals surface area contributed by atoms with Gasteiger partial charge in [-0.25, -0.2) is 9.97 Å². The average molecular weight is 405 g/mol. The quantitative estimate of drug-likeness (QED) is 0.631. The highest BCUT2D eigenvalue weighted by Crippen LogP contribution is 2.37. The van der Waals surface area contributed by atoms with Crippen molar-refractivity contribution in [2.75, 3.05) is 18.4 Å². The molecule has 6 heteroatoms. The van der Waals surface area contributed by atoms with Crippen molar-refractivity contribution in [3.63, 3.8) is 0 Å². The van der Waals surface area contributed by atoms with Gasteiger partial charge in [0.05, 0.1) is 0 Å². The van der Waals surface area contributed by atoms with E-state index >= 15 is 0 Å². The van der Waals surface area contributed by atoms with Crippen LogP contribution in [0.3, 0.4) is 0 Å². The van der Waals surface area contributed by atoms with Crippen molar-refractivity contribution in [1.82, 2.24) is 24.4 Å². The number of likely N-dealkylation sites (tertiary alicyclic amines) is 1. The van der Waals surface area contributed by atoms with Crippen molar-refractivity contribution < 1.29 is 0 Å². The summed E-state index contributed by atoms with van der Waals surface area (Å²) in [7, 11) is 0.